The van der Waals surface area contributed by atoms with E-state index in [9.17, 15) is 13.2 Å². The summed E-state index contributed by atoms with van der Waals surface area (Å²) in [6, 6.07) is 9.21. The van der Waals surface area contributed by atoms with Crippen molar-refractivity contribution in [3.63, 3.8) is 0 Å². The van der Waals surface area contributed by atoms with Crippen molar-refractivity contribution >= 4 is 51.0 Å². The largest absolute Gasteiger partial charge is 0.324 e. The number of amidine groups is 1. The smallest absolute Gasteiger partial charge is 0.262 e. The molecule has 1 aliphatic rings. The molecule has 0 bridgehead atoms. The fourth-order valence-corrected chi connectivity index (χ4v) is 5.32. The Balaban J connectivity index is 1.54. The first-order valence-corrected chi connectivity index (χ1v) is 12.3. The van der Waals surface area contributed by atoms with Crippen LogP contribution in [0.1, 0.15) is 25.8 Å². The SMILES string of the molecule is CC(C(=O)Nc1cccc(S(=O)(=O)NC2=NCCC2)c1)n1c(-c2cccs2)n[nH]c1=S. The highest BCUT2D eigenvalue weighted by Crippen LogP contribution is 2.26. The van der Waals surface area contributed by atoms with Crippen molar-refractivity contribution in [3.05, 3.63) is 46.5 Å². The Kier molecular flexibility index (Phi) is 6.03. The molecule has 31 heavy (non-hydrogen) atoms. The van der Waals surface area contributed by atoms with E-state index in [1.807, 2.05) is 17.5 Å². The van der Waals surface area contributed by atoms with Crippen molar-refractivity contribution < 1.29 is 13.2 Å². The van der Waals surface area contributed by atoms with Gasteiger partial charge in [-0.15, -0.1) is 11.3 Å². The first-order chi connectivity index (χ1) is 14.8. The van der Waals surface area contributed by atoms with E-state index in [1.54, 1.807) is 23.6 Å². The number of nitrogens with zero attached hydrogens (tertiary/aromatic N) is 3. The van der Waals surface area contributed by atoms with Gasteiger partial charge in [0.2, 0.25) is 5.91 Å². The molecule has 3 heterocycles. The van der Waals surface area contributed by atoms with E-state index in [-0.39, 0.29) is 10.8 Å². The predicted octanol–water partition coefficient (Wildman–Crippen LogP) is 3.34. The molecular formula is C19H20N6O3S3. The van der Waals surface area contributed by atoms with Gasteiger partial charge in [0.1, 0.15) is 11.9 Å². The summed E-state index contributed by atoms with van der Waals surface area (Å²) in [5.74, 6) is 0.678. The van der Waals surface area contributed by atoms with Crippen molar-refractivity contribution in [1.82, 2.24) is 19.5 Å². The molecular weight excluding hydrogens is 456 g/mol. The Morgan fingerprint density at radius 2 is 2.16 bits per heavy atom. The van der Waals surface area contributed by atoms with Crippen LogP contribution in [0.15, 0.2) is 51.7 Å². The first-order valence-electron chi connectivity index (χ1n) is 9.53. The first kappa shape index (κ1) is 21.4. The molecule has 1 atom stereocenters. The van der Waals surface area contributed by atoms with Crippen LogP contribution < -0.4 is 10.0 Å². The number of aromatic nitrogens is 3. The highest BCUT2D eigenvalue weighted by molar-refractivity contribution is 7.90. The van der Waals surface area contributed by atoms with Crippen LogP contribution in [0.5, 0.6) is 0 Å². The third kappa shape index (κ3) is 4.60. The fraction of sp³-hybridized carbons (Fsp3) is 0.263. The van der Waals surface area contributed by atoms with E-state index >= 15 is 0 Å². The molecule has 0 radical (unpaired) electrons. The lowest BCUT2D eigenvalue weighted by molar-refractivity contribution is -0.118. The third-order valence-electron chi connectivity index (χ3n) is 4.75. The highest BCUT2D eigenvalue weighted by atomic mass is 32.2. The Bertz CT molecular complexity index is 1290. The van der Waals surface area contributed by atoms with Crippen molar-refractivity contribution in [1.29, 1.82) is 0 Å². The number of amides is 1. The predicted molar refractivity (Wildman–Crippen MR) is 122 cm³/mol. The van der Waals surface area contributed by atoms with Gasteiger partial charge in [-0.25, -0.2) is 8.42 Å². The van der Waals surface area contributed by atoms with Crippen molar-refractivity contribution in [3.8, 4) is 10.7 Å². The van der Waals surface area contributed by atoms with Crippen LogP contribution in [-0.4, -0.2) is 41.5 Å². The molecule has 1 unspecified atom stereocenters. The number of aliphatic imine (C=N–C) groups is 1. The number of hydrogen-bond acceptors (Lipinski definition) is 7. The molecule has 0 saturated heterocycles. The van der Waals surface area contributed by atoms with Crippen LogP contribution >= 0.6 is 23.6 Å². The van der Waals surface area contributed by atoms with E-state index in [1.165, 1.54) is 23.5 Å². The van der Waals surface area contributed by atoms with Gasteiger partial charge in [0.25, 0.3) is 10.0 Å². The zero-order valence-corrected chi connectivity index (χ0v) is 19.0. The van der Waals surface area contributed by atoms with E-state index in [4.69, 9.17) is 12.2 Å². The summed E-state index contributed by atoms with van der Waals surface area (Å²) >= 11 is 6.80. The van der Waals surface area contributed by atoms with Gasteiger partial charge < -0.3 is 5.32 Å². The van der Waals surface area contributed by atoms with Crippen LogP contribution in [0.3, 0.4) is 0 Å². The van der Waals surface area contributed by atoms with Gasteiger partial charge >= 0.3 is 0 Å². The summed E-state index contributed by atoms with van der Waals surface area (Å²) in [5.41, 5.74) is 0.362. The molecule has 1 amide bonds. The Hall–Kier alpha value is -2.83. The van der Waals surface area contributed by atoms with E-state index < -0.39 is 16.1 Å². The number of aromatic amines is 1. The van der Waals surface area contributed by atoms with E-state index in [2.05, 4.69) is 25.2 Å². The maximum atomic E-state index is 12.9. The van der Waals surface area contributed by atoms with Crippen LogP contribution in [0, 0.1) is 4.77 Å². The van der Waals surface area contributed by atoms with E-state index in [0.29, 0.717) is 35.1 Å². The summed E-state index contributed by atoms with van der Waals surface area (Å²) in [5, 5.41) is 11.7. The molecule has 0 fully saturated rings. The molecule has 3 N–H and O–H groups in total. The Morgan fingerprint density at radius 3 is 2.87 bits per heavy atom. The molecule has 12 heteroatoms. The minimum atomic E-state index is -3.78. The molecule has 0 spiro atoms. The van der Waals surface area contributed by atoms with E-state index in [0.717, 1.165) is 11.3 Å². The number of anilines is 1. The van der Waals surface area contributed by atoms with Crippen LogP contribution in [0.4, 0.5) is 5.69 Å². The average molecular weight is 477 g/mol. The number of sulfonamides is 1. The average Bonchev–Trinajstić information content (AvgIpc) is 3.49. The monoisotopic (exact) mass is 476 g/mol. The van der Waals surface area contributed by atoms with Crippen LogP contribution in [-0.2, 0) is 14.8 Å². The van der Waals surface area contributed by atoms with Crippen molar-refractivity contribution in [2.24, 2.45) is 4.99 Å². The maximum absolute atomic E-state index is 12.9. The summed E-state index contributed by atoms with van der Waals surface area (Å²) in [6.07, 6.45) is 1.43. The number of thiophene rings is 1. The zero-order valence-electron chi connectivity index (χ0n) is 16.5. The normalized spacial score (nSPS) is 14.8. The summed E-state index contributed by atoms with van der Waals surface area (Å²) in [7, 11) is -3.78. The third-order valence-corrected chi connectivity index (χ3v) is 7.28. The van der Waals surface area contributed by atoms with Gasteiger partial charge in [-0.3, -0.25) is 24.2 Å². The van der Waals surface area contributed by atoms with Crippen LogP contribution in [0.25, 0.3) is 10.7 Å². The van der Waals surface area contributed by atoms with Gasteiger partial charge in [0, 0.05) is 18.7 Å². The molecule has 0 aliphatic carbocycles. The topological polar surface area (TPSA) is 121 Å². The van der Waals surface area contributed by atoms with Crippen molar-refractivity contribution in [2.45, 2.75) is 30.7 Å². The summed E-state index contributed by atoms with van der Waals surface area (Å²) in [4.78, 5) is 18.0. The lowest BCUT2D eigenvalue weighted by Crippen LogP contribution is -2.29. The molecule has 4 rings (SSSR count). The second kappa shape index (κ2) is 8.73. The number of rotatable bonds is 6. The fourth-order valence-electron chi connectivity index (χ4n) is 3.19. The van der Waals surface area contributed by atoms with Gasteiger partial charge in [0.15, 0.2) is 10.6 Å². The van der Waals surface area contributed by atoms with Gasteiger partial charge in [0.05, 0.1) is 9.77 Å². The van der Waals surface area contributed by atoms with Crippen LogP contribution in [0.2, 0.25) is 0 Å². The standard InChI is InChI=1S/C19H20N6O3S3/c1-12(25-17(22-23-19(25)29)15-7-4-10-30-15)18(26)21-13-5-2-6-14(11-13)31(27,28)24-16-8-3-9-20-16/h2,4-7,10-12H,3,8-9H2,1H3,(H,20,24)(H,21,26)(H,23,29). The minimum absolute atomic E-state index is 0.0479. The molecule has 0 saturated carbocycles. The summed E-state index contributed by atoms with van der Waals surface area (Å²) in [6.45, 7) is 2.33. The van der Waals surface area contributed by atoms with Crippen molar-refractivity contribution in [2.75, 3.05) is 11.9 Å². The van der Waals surface area contributed by atoms with Gasteiger partial charge in [-0.1, -0.05) is 12.1 Å². The van der Waals surface area contributed by atoms with Gasteiger partial charge in [-0.05, 0) is 55.2 Å². The molecule has 2 aromatic heterocycles. The number of carbonyl (C=O) groups is 1. The lowest BCUT2D eigenvalue weighted by atomic mass is 10.2. The summed E-state index contributed by atoms with van der Waals surface area (Å²) < 4.78 is 29.7. The molecule has 162 valence electrons. The number of nitrogens with one attached hydrogen (secondary N) is 3. The second-order valence-electron chi connectivity index (χ2n) is 6.93. The lowest BCUT2D eigenvalue weighted by Gasteiger charge is -2.16. The second-order valence-corrected chi connectivity index (χ2v) is 9.95. The highest BCUT2D eigenvalue weighted by Gasteiger charge is 2.23. The Labute approximate surface area is 188 Å². The Morgan fingerprint density at radius 1 is 1.32 bits per heavy atom. The van der Waals surface area contributed by atoms with Gasteiger partial charge in [-0.2, -0.15) is 5.10 Å². The molecule has 1 aliphatic heterocycles. The minimum Gasteiger partial charge on any atom is -0.324 e. The molecule has 9 nitrogen and oxygen atoms in total. The maximum Gasteiger partial charge on any atom is 0.262 e. The quantitative estimate of drug-likeness (QED) is 0.471. The number of H-pyrrole nitrogens is 1. The number of hydrogen-bond donors (Lipinski definition) is 3. The number of carbonyl (C=O) groups excluding carboxylic acids is 1. The molecule has 3 aromatic rings. The molecule has 1 aromatic carbocycles. The zero-order chi connectivity index (χ0) is 22.0. The number of benzene rings is 1.